The van der Waals surface area contributed by atoms with Gasteiger partial charge < -0.3 is 5.73 Å². The van der Waals surface area contributed by atoms with Crippen molar-refractivity contribution in [3.8, 4) is 0 Å². The largest absolute Gasteiger partial charge is 0.326 e. The van der Waals surface area contributed by atoms with Crippen molar-refractivity contribution in [1.82, 2.24) is 0 Å². The van der Waals surface area contributed by atoms with Gasteiger partial charge in [-0.15, -0.1) is 0 Å². The Labute approximate surface area is 80.5 Å². The fourth-order valence-corrected chi connectivity index (χ4v) is 3.39. The molecule has 1 saturated heterocycles. The molecule has 3 unspecified atom stereocenters. The lowest BCUT2D eigenvalue weighted by Gasteiger charge is -2.34. The van der Waals surface area contributed by atoms with Crippen LogP contribution in [0.4, 0.5) is 0 Å². The van der Waals surface area contributed by atoms with Crippen LogP contribution < -0.4 is 5.73 Å². The van der Waals surface area contributed by atoms with Crippen LogP contribution in [0, 0.1) is 5.92 Å². The molecule has 0 amide bonds. The zero-order chi connectivity index (χ0) is 9.19. The molecule has 1 rings (SSSR count). The summed E-state index contributed by atoms with van der Waals surface area (Å²) in [4.78, 5) is 0. The van der Waals surface area contributed by atoms with E-state index in [-0.39, 0.29) is 0 Å². The SMILES string of the molecule is CCC(C)C(N)C1(C)CCCS1. The average Bonchev–Trinajstić information content (AvgIpc) is 2.50. The van der Waals surface area contributed by atoms with E-state index in [1.807, 2.05) is 0 Å². The van der Waals surface area contributed by atoms with Crippen molar-refractivity contribution in [2.24, 2.45) is 11.7 Å². The highest BCUT2D eigenvalue weighted by molar-refractivity contribution is 8.00. The van der Waals surface area contributed by atoms with Crippen LogP contribution >= 0.6 is 11.8 Å². The lowest BCUT2D eigenvalue weighted by atomic mass is 9.86. The predicted octanol–water partition coefficient (Wildman–Crippen LogP) is 2.65. The molecule has 0 aromatic carbocycles. The first-order valence-corrected chi connectivity index (χ1v) is 5.98. The second-order valence-corrected chi connectivity index (χ2v) is 5.81. The molecular formula is C10H21NS. The lowest BCUT2D eigenvalue weighted by molar-refractivity contribution is 0.359. The molecule has 1 fully saturated rings. The fourth-order valence-electron chi connectivity index (χ4n) is 1.92. The van der Waals surface area contributed by atoms with Crippen LogP contribution in [0.25, 0.3) is 0 Å². The van der Waals surface area contributed by atoms with Crippen molar-refractivity contribution >= 4 is 11.8 Å². The maximum Gasteiger partial charge on any atom is 0.0285 e. The molecule has 0 saturated carbocycles. The second-order valence-electron chi connectivity index (χ2n) is 4.18. The Hall–Kier alpha value is 0.310. The van der Waals surface area contributed by atoms with Crippen molar-refractivity contribution in [3.63, 3.8) is 0 Å². The van der Waals surface area contributed by atoms with Crippen LogP contribution in [0.3, 0.4) is 0 Å². The second kappa shape index (κ2) is 4.01. The molecule has 1 nitrogen and oxygen atoms in total. The number of hydrogen-bond donors (Lipinski definition) is 1. The van der Waals surface area contributed by atoms with Crippen molar-refractivity contribution in [2.75, 3.05) is 5.75 Å². The molecule has 0 aromatic rings. The van der Waals surface area contributed by atoms with E-state index in [4.69, 9.17) is 5.73 Å². The summed E-state index contributed by atoms with van der Waals surface area (Å²) in [6.45, 7) is 6.84. The maximum atomic E-state index is 6.25. The molecule has 1 aliphatic rings. The minimum Gasteiger partial charge on any atom is -0.326 e. The van der Waals surface area contributed by atoms with E-state index >= 15 is 0 Å². The molecule has 2 N–H and O–H groups in total. The quantitative estimate of drug-likeness (QED) is 0.735. The highest BCUT2D eigenvalue weighted by Gasteiger charge is 2.37. The standard InChI is InChI=1S/C10H21NS/c1-4-8(2)9(11)10(3)6-5-7-12-10/h8-9H,4-7,11H2,1-3H3. The zero-order valence-electron chi connectivity index (χ0n) is 8.47. The topological polar surface area (TPSA) is 26.0 Å². The summed E-state index contributed by atoms with van der Waals surface area (Å²) in [7, 11) is 0. The fraction of sp³-hybridized carbons (Fsp3) is 1.00. The molecule has 0 spiro atoms. The van der Waals surface area contributed by atoms with Gasteiger partial charge in [-0.05, 0) is 31.4 Å². The first-order chi connectivity index (χ1) is 5.60. The van der Waals surface area contributed by atoms with E-state index < -0.39 is 0 Å². The smallest absolute Gasteiger partial charge is 0.0285 e. The molecule has 72 valence electrons. The van der Waals surface area contributed by atoms with E-state index in [2.05, 4.69) is 32.5 Å². The number of rotatable bonds is 3. The van der Waals surface area contributed by atoms with Crippen molar-refractivity contribution in [1.29, 1.82) is 0 Å². The molecule has 0 bridgehead atoms. The van der Waals surface area contributed by atoms with Crippen molar-refractivity contribution < 1.29 is 0 Å². The van der Waals surface area contributed by atoms with E-state index in [0.29, 0.717) is 16.7 Å². The van der Waals surface area contributed by atoms with Gasteiger partial charge in [0.15, 0.2) is 0 Å². The van der Waals surface area contributed by atoms with E-state index in [1.54, 1.807) is 0 Å². The Balaban J connectivity index is 2.54. The number of thioether (sulfide) groups is 1. The van der Waals surface area contributed by atoms with Gasteiger partial charge in [-0.3, -0.25) is 0 Å². The highest BCUT2D eigenvalue weighted by Crippen LogP contribution is 2.42. The van der Waals surface area contributed by atoms with Crippen LogP contribution in [0.15, 0.2) is 0 Å². The molecule has 0 radical (unpaired) electrons. The van der Waals surface area contributed by atoms with Gasteiger partial charge in [0, 0.05) is 10.8 Å². The van der Waals surface area contributed by atoms with Crippen molar-refractivity contribution in [3.05, 3.63) is 0 Å². The molecule has 0 aliphatic carbocycles. The molecule has 1 aliphatic heterocycles. The van der Waals surface area contributed by atoms with Gasteiger partial charge in [-0.1, -0.05) is 20.3 Å². The number of nitrogens with two attached hydrogens (primary N) is 1. The van der Waals surface area contributed by atoms with Gasteiger partial charge in [0.2, 0.25) is 0 Å². The van der Waals surface area contributed by atoms with E-state index in [1.165, 1.54) is 25.0 Å². The van der Waals surface area contributed by atoms with Crippen molar-refractivity contribution in [2.45, 2.75) is 50.8 Å². The normalized spacial score (nSPS) is 35.0. The van der Waals surface area contributed by atoms with Crippen LogP contribution in [-0.4, -0.2) is 16.5 Å². The van der Waals surface area contributed by atoms with Gasteiger partial charge in [-0.25, -0.2) is 0 Å². The Morgan fingerprint density at radius 2 is 2.25 bits per heavy atom. The minimum absolute atomic E-state index is 0.370. The van der Waals surface area contributed by atoms with Gasteiger partial charge >= 0.3 is 0 Å². The van der Waals surface area contributed by atoms with Crippen LogP contribution in [0.1, 0.15) is 40.0 Å². The Morgan fingerprint density at radius 3 is 2.67 bits per heavy atom. The van der Waals surface area contributed by atoms with Gasteiger partial charge in [0.1, 0.15) is 0 Å². The van der Waals surface area contributed by atoms with E-state index in [0.717, 1.165) is 0 Å². The van der Waals surface area contributed by atoms with Gasteiger partial charge in [0.05, 0.1) is 0 Å². The van der Waals surface area contributed by atoms with Crippen LogP contribution in [0.2, 0.25) is 0 Å². The summed E-state index contributed by atoms with van der Waals surface area (Å²) >= 11 is 2.07. The third-order valence-electron chi connectivity index (χ3n) is 3.21. The summed E-state index contributed by atoms with van der Waals surface area (Å²) in [6.07, 6.45) is 3.87. The first-order valence-electron chi connectivity index (χ1n) is 4.99. The summed E-state index contributed by atoms with van der Waals surface area (Å²) < 4.78 is 0.370. The minimum atomic E-state index is 0.370. The van der Waals surface area contributed by atoms with Crippen LogP contribution in [-0.2, 0) is 0 Å². The molecule has 3 atom stereocenters. The summed E-state index contributed by atoms with van der Waals surface area (Å²) in [5.41, 5.74) is 6.25. The van der Waals surface area contributed by atoms with E-state index in [9.17, 15) is 0 Å². The van der Waals surface area contributed by atoms with Gasteiger partial charge in [-0.2, -0.15) is 11.8 Å². The Morgan fingerprint density at radius 1 is 1.58 bits per heavy atom. The summed E-state index contributed by atoms with van der Waals surface area (Å²) in [5, 5.41) is 0. The monoisotopic (exact) mass is 187 g/mol. The molecule has 12 heavy (non-hydrogen) atoms. The molecular weight excluding hydrogens is 166 g/mol. The van der Waals surface area contributed by atoms with Gasteiger partial charge in [0.25, 0.3) is 0 Å². The third kappa shape index (κ3) is 1.97. The lowest BCUT2D eigenvalue weighted by Crippen LogP contribution is -2.45. The first kappa shape index (κ1) is 10.4. The van der Waals surface area contributed by atoms with Crippen LogP contribution in [0.5, 0.6) is 0 Å². The summed E-state index contributed by atoms with van der Waals surface area (Å²) in [6, 6.07) is 0.384. The summed E-state index contributed by atoms with van der Waals surface area (Å²) in [5.74, 6) is 1.97. The Bertz CT molecular complexity index is 141. The zero-order valence-corrected chi connectivity index (χ0v) is 9.29. The molecule has 2 heteroatoms. The molecule has 1 heterocycles. The third-order valence-corrected chi connectivity index (χ3v) is 4.84. The maximum absolute atomic E-state index is 6.25. The number of hydrogen-bond acceptors (Lipinski definition) is 2. The Kier molecular flexibility index (Phi) is 3.47. The predicted molar refractivity (Wildman–Crippen MR) is 57.5 cm³/mol. The highest BCUT2D eigenvalue weighted by atomic mass is 32.2. The average molecular weight is 187 g/mol. The molecule has 0 aromatic heterocycles.